The highest BCUT2D eigenvalue weighted by Crippen LogP contribution is 2.36. The van der Waals surface area contributed by atoms with Crippen LogP contribution < -0.4 is 4.74 Å². The average molecular weight is 313 g/mol. The fourth-order valence-corrected chi connectivity index (χ4v) is 2.39. The van der Waals surface area contributed by atoms with E-state index in [1.807, 2.05) is 0 Å². The summed E-state index contributed by atoms with van der Waals surface area (Å²) >= 11 is 0. The maximum atomic E-state index is 11.9. The molecule has 1 N–H and O–H groups in total. The molecule has 1 unspecified atom stereocenters. The van der Waals surface area contributed by atoms with Gasteiger partial charge in [0.05, 0.1) is 26.8 Å². The van der Waals surface area contributed by atoms with Gasteiger partial charge in [0.15, 0.2) is 5.79 Å². The number of rotatable bonds is 4. The Morgan fingerprint density at radius 3 is 2.73 bits per heavy atom. The van der Waals surface area contributed by atoms with Crippen molar-refractivity contribution in [3.05, 3.63) is 29.8 Å². The number of likely N-dealkylation sites (tertiary alicyclic amines) is 1. The molecule has 2 heterocycles. The minimum atomic E-state index is -3.01. The van der Waals surface area contributed by atoms with Crippen molar-refractivity contribution in [1.29, 1.82) is 0 Å². The van der Waals surface area contributed by atoms with Crippen LogP contribution in [0.25, 0.3) is 0 Å². The lowest BCUT2D eigenvalue weighted by molar-refractivity contribution is -0.229. The minimum absolute atomic E-state index is 0.126. The SMILES string of the molecule is [2H]C1([2H])C(C(=O)O)C2(OCCO2)C([2H])([2H])N(Cc2ccc(OC)cc2)C1([2H])[2H]. The van der Waals surface area contributed by atoms with E-state index in [9.17, 15) is 9.90 Å². The van der Waals surface area contributed by atoms with Crippen molar-refractivity contribution in [2.24, 2.45) is 5.92 Å². The van der Waals surface area contributed by atoms with Gasteiger partial charge < -0.3 is 19.3 Å². The molecule has 0 amide bonds. The van der Waals surface area contributed by atoms with Crippen LogP contribution in [-0.2, 0) is 20.8 Å². The molecule has 1 atom stereocenters. The molecular formula is C16H21NO5. The second-order valence-electron chi connectivity index (χ2n) is 4.94. The van der Waals surface area contributed by atoms with Crippen LogP contribution in [0.15, 0.2) is 24.3 Å². The molecule has 2 saturated heterocycles. The third-order valence-corrected chi connectivity index (χ3v) is 3.48. The zero-order valence-electron chi connectivity index (χ0n) is 18.0. The van der Waals surface area contributed by atoms with Gasteiger partial charge in [0.25, 0.3) is 0 Å². The third-order valence-electron chi connectivity index (χ3n) is 3.48. The van der Waals surface area contributed by atoms with Gasteiger partial charge in [-0.1, -0.05) is 12.1 Å². The molecule has 0 aliphatic carbocycles. The van der Waals surface area contributed by atoms with Crippen LogP contribution in [0.5, 0.6) is 5.75 Å². The van der Waals surface area contributed by atoms with Crippen molar-refractivity contribution in [3.63, 3.8) is 0 Å². The fraction of sp³-hybridized carbons (Fsp3) is 0.562. The van der Waals surface area contributed by atoms with E-state index in [1.165, 1.54) is 7.11 Å². The van der Waals surface area contributed by atoms with Crippen LogP contribution in [0.1, 0.15) is 20.2 Å². The van der Waals surface area contributed by atoms with E-state index < -0.39 is 37.0 Å². The molecule has 1 aromatic rings. The second kappa shape index (κ2) is 6.24. The van der Waals surface area contributed by atoms with E-state index in [0.717, 1.165) is 0 Å². The first-order valence-corrected chi connectivity index (χ1v) is 6.83. The lowest BCUT2D eigenvalue weighted by Crippen LogP contribution is -2.56. The van der Waals surface area contributed by atoms with Gasteiger partial charge in [-0.15, -0.1) is 0 Å². The summed E-state index contributed by atoms with van der Waals surface area (Å²) in [6.07, 6.45) is -3.01. The van der Waals surface area contributed by atoms with Gasteiger partial charge in [0.2, 0.25) is 0 Å². The number of benzene rings is 1. The number of aliphatic carboxylic acids is 1. The third kappa shape index (κ3) is 2.95. The van der Waals surface area contributed by atoms with Gasteiger partial charge in [-0.25, -0.2) is 0 Å². The maximum absolute atomic E-state index is 11.9. The lowest BCUT2D eigenvalue weighted by Gasteiger charge is -2.42. The molecule has 22 heavy (non-hydrogen) atoms. The van der Waals surface area contributed by atoms with Gasteiger partial charge in [-0.2, -0.15) is 0 Å². The fourth-order valence-electron chi connectivity index (χ4n) is 2.39. The monoisotopic (exact) mass is 313 g/mol. The number of carboxylic acid groups (broad SMARTS) is 1. The van der Waals surface area contributed by atoms with Crippen molar-refractivity contribution < 1.29 is 32.3 Å². The van der Waals surface area contributed by atoms with E-state index in [2.05, 4.69) is 0 Å². The van der Waals surface area contributed by atoms with E-state index in [-0.39, 0.29) is 19.8 Å². The largest absolute Gasteiger partial charge is 0.497 e. The lowest BCUT2D eigenvalue weighted by atomic mass is 9.90. The molecule has 2 aliphatic heterocycles. The molecule has 1 spiro atoms. The van der Waals surface area contributed by atoms with Gasteiger partial charge in [-0.05, 0) is 30.6 Å². The predicted octanol–water partition coefficient (Wildman–Crippen LogP) is 1.34. The Morgan fingerprint density at radius 2 is 2.14 bits per heavy atom. The first-order chi connectivity index (χ1) is 12.9. The normalized spacial score (nSPS) is 35.4. The molecule has 2 aliphatic rings. The zero-order valence-corrected chi connectivity index (χ0v) is 12.0. The van der Waals surface area contributed by atoms with Gasteiger partial charge in [0.1, 0.15) is 11.7 Å². The van der Waals surface area contributed by atoms with Crippen LogP contribution in [-0.4, -0.2) is 55.1 Å². The van der Waals surface area contributed by atoms with Gasteiger partial charge in [-0.3, -0.25) is 9.69 Å². The Bertz CT molecular complexity index is 750. The number of carboxylic acids is 1. The number of ether oxygens (including phenoxy) is 3. The molecule has 120 valence electrons. The topological polar surface area (TPSA) is 68.2 Å². The Balaban J connectivity index is 2.11. The molecular weight excluding hydrogens is 286 g/mol. The van der Waals surface area contributed by atoms with Crippen molar-refractivity contribution in [2.75, 3.05) is 33.3 Å². The smallest absolute Gasteiger partial charge is 0.312 e. The quantitative estimate of drug-likeness (QED) is 0.905. The highest BCUT2D eigenvalue weighted by atomic mass is 16.7. The summed E-state index contributed by atoms with van der Waals surface area (Å²) in [5.74, 6) is -5.88. The summed E-state index contributed by atoms with van der Waals surface area (Å²) in [7, 11) is 1.48. The average Bonchev–Trinajstić information content (AvgIpc) is 3.09. The van der Waals surface area contributed by atoms with Crippen LogP contribution in [0.2, 0.25) is 0 Å². The maximum Gasteiger partial charge on any atom is 0.312 e. The number of piperidine rings is 1. The summed E-state index contributed by atoms with van der Waals surface area (Å²) in [6.45, 7) is -6.34. The molecule has 3 rings (SSSR count). The van der Waals surface area contributed by atoms with Crippen LogP contribution >= 0.6 is 0 Å². The predicted molar refractivity (Wildman–Crippen MR) is 78.6 cm³/mol. The van der Waals surface area contributed by atoms with E-state index >= 15 is 0 Å². The van der Waals surface area contributed by atoms with Gasteiger partial charge in [0, 0.05) is 14.8 Å². The number of hydrogen-bond acceptors (Lipinski definition) is 5. The molecule has 0 saturated carbocycles. The summed E-state index contributed by atoms with van der Waals surface area (Å²) in [5, 5.41) is 9.63. The second-order valence-corrected chi connectivity index (χ2v) is 4.94. The molecule has 0 bridgehead atoms. The number of nitrogens with zero attached hydrogens (tertiary/aromatic N) is 1. The van der Waals surface area contributed by atoms with E-state index in [1.54, 1.807) is 24.3 Å². The van der Waals surface area contributed by atoms with Crippen LogP contribution in [0, 0.1) is 5.92 Å². The number of hydrogen-bond donors (Lipinski definition) is 1. The molecule has 0 aromatic heterocycles. The highest BCUT2D eigenvalue weighted by Gasteiger charge is 2.51. The highest BCUT2D eigenvalue weighted by molar-refractivity contribution is 5.71. The van der Waals surface area contributed by atoms with Gasteiger partial charge >= 0.3 is 5.97 Å². The Hall–Kier alpha value is -1.63. The van der Waals surface area contributed by atoms with Crippen molar-refractivity contribution in [2.45, 2.75) is 18.7 Å². The Labute approximate surface area is 138 Å². The Morgan fingerprint density at radius 1 is 1.45 bits per heavy atom. The molecule has 6 heteroatoms. The first-order valence-electron chi connectivity index (χ1n) is 9.83. The van der Waals surface area contributed by atoms with Crippen LogP contribution in [0.4, 0.5) is 0 Å². The first kappa shape index (κ1) is 9.50. The molecule has 2 fully saturated rings. The standard InChI is InChI=1S/C16H21NO5/c1-20-13-4-2-12(3-5-13)10-17-7-6-14(15(18)19)16(11-17)21-8-9-22-16/h2-5,14H,6-11H2,1H3,(H,18,19)/i6D2,7D2,11D2. The minimum Gasteiger partial charge on any atom is -0.497 e. The summed E-state index contributed by atoms with van der Waals surface area (Å²) in [4.78, 5) is 12.5. The van der Waals surface area contributed by atoms with E-state index in [0.29, 0.717) is 16.2 Å². The van der Waals surface area contributed by atoms with Crippen molar-refractivity contribution in [1.82, 2.24) is 4.90 Å². The zero-order chi connectivity index (χ0) is 21.0. The Kier molecular flexibility index (Phi) is 2.69. The number of methoxy groups -OCH3 is 1. The summed E-state index contributed by atoms with van der Waals surface area (Å²) < 4.78 is 66.1. The molecule has 1 aromatic carbocycles. The summed E-state index contributed by atoms with van der Waals surface area (Å²) in [5.41, 5.74) is 0.478. The van der Waals surface area contributed by atoms with Crippen molar-refractivity contribution >= 4 is 5.97 Å². The molecule has 0 radical (unpaired) electrons. The van der Waals surface area contributed by atoms with Crippen molar-refractivity contribution in [3.8, 4) is 5.75 Å². The summed E-state index contributed by atoms with van der Waals surface area (Å²) in [6, 6.07) is 6.40. The molecule has 6 nitrogen and oxygen atoms in total. The van der Waals surface area contributed by atoms with E-state index in [4.69, 9.17) is 22.4 Å². The number of carbonyl (C=O) groups is 1. The van der Waals surface area contributed by atoms with Crippen LogP contribution in [0.3, 0.4) is 0 Å².